The van der Waals surface area contributed by atoms with E-state index in [2.05, 4.69) is 46.8 Å². The molecule has 0 atom stereocenters. The van der Waals surface area contributed by atoms with Crippen molar-refractivity contribution in [1.82, 2.24) is 0 Å². The van der Waals surface area contributed by atoms with Crippen LogP contribution in [-0.4, -0.2) is 30.7 Å². The molecule has 1 rings (SSSR count). The van der Waals surface area contributed by atoms with E-state index in [4.69, 9.17) is 0 Å². The first-order valence-electron chi connectivity index (χ1n) is 10.5. The fourth-order valence-electron chi connectivity index (χ4n) is 3.18. The Morgan fingerprint density at radius 2 is 0.917 bits per heavy atom. The predicted molar refractivity (Wildman–Crippen MR) is 111 cm³/mol. The standard InChI is InChI=1S/C16H36N.C7H8/c1-5-9-13-17(14-10-6-2,15-11-7-3)16-12-8-4;1-7-5-3-2-4-6-7/h5-16H2,1-4H3;2-6H,1H3/q+1;. The second-order valence-corrected chi connectivity index (χ2v) is 7.30. The number of benzene rings is 1. The number of hydrogen-bond acceptors (Lipinski definition) is 0. The van der Waals surface area contributed by atoms with Crippen molar-refractivity contribution in [3.05, 3.63) is 35.9 Å². The van der Waals surface area contributed by atoms with Gasteiger partial charge in [-0.2, -0.15) is 0 Å². The predicted octanol–water partition coefficient (Wildman–Crippen LogP) is 7.00. The van der Waals surface area contributed by atoms with E-state index in [1.54, 1.807) is 0 Å². The third-order valence-electron chi connectivity index (χ3n) is 4.88. The second-order valence-electron chi connectivity index (χ2n) is 7.30. The van der Waals surface area contributed by atoms with Crippen LogP contribution < -0.4 is 0 Å². The summed E-state index contributed by atoms with van der Waals surface area (Å²) >= 11 is 0. The lowest BCUT2D eigenvalue weighted by Gasteiger charge is -2.39. The van der Waals surface area contributed by atoms with Crippen LogP contribution in [0.3, 0.4) is 0 Å². The summed E-state index contributed by atoms with van der Waals surface area (Å²) in [7, 11) is 0. The molecule has 0 saturated carbocycles. The van der Waals surface area contributed by atoms with E-state index in [0.717, 1.165) is 0 Å². The summed E-state index contributed by atoms with van der Waals surface area (Å²) < 4.78 is 1.42. The number of nitrogens with zero attached hydrogens (tertiary/aromatic N) is 1. The molecule has 0 saturated heterocycles. The Hall–Kier alpha value is -0.820. The average Bonchev–Trinajstić information content (AvgIpc) is 2.62. The van der Waals surface area contributed by atoms with Gasteiger partial charge in [0.1, 0.15) is 0 Å². The number of hydrogen-bond donors (Lipinski definition) is 0. The molecule has 24 heavy (non-hydrogen) atoms. The summed E-state index contributed by atoms with van der Waals surface area (Å²) in [5, 5.41) is 0. The molecule has 0 aliphatic carbocycles. The molecule has 0 aliphatic heterocycles. The summed E-state index contributed by atoms with van der Waals surface area (Å²) in [4.78, 5) is 0. The van der Waals surface area contributed by atoms with E-state index < -0.39 is 0 Å². The number of unbranched alkanes of at least 4 members (excludes halogenated alkanes) is 4. The Bertz CT molecular complexity index is 320. The molecule has 0 radical (unpaired) electrons. The van der Waals surface area contributed by atoms with Crippen LogP contribution in [-0.2, 0) is 0 Å². The first kappa shape index (κ1) is 23.2. The van der Waals surface area contributed by atoms with Crippen molar-refractivity contribution < 1.29 is 4.48 Å². The normalized spacial score (nSPS) is 11.0. The summed E-state index contributed by atoms with van der Waals surface area (Å²) in [6, 6.07) is 10.3. The maximum atomic E-state index is 2.33. The highest BCUT2D eigenvalue weighted by Gasteiger charge is 2.24. The minimum atomic E-state index is 1.32. The van der Waals surface area contributed by atoms with Crippen LogP contribution in [0.4, 0.5) is 0 Å². The summed E-state index contributed by atoms with van der Waals surface area (Å²) in [5.41, 5.74) is 1.32. The molecule has 0 amide bonds. The van der Waals surface area contributed by atoms with Crippen molar-refractivity contribution >= 4 is 0 Å². The smallest absolute Gasteiger partial charge is 0.0786 e. The van der Waals surface area contributed by atoms with Gasteiger partial charge in [0.25, 0.3) is 0 Å². The van der Waals surface area contributed by atoms with Crippen LogP contribution >= 0.6 is 0 Å². The van der Waals surface area contributed by atoms with Gasteiger partial charge in [-0.1, -0.05) is 89.3 Å². The molecule has 0 bridgehead atoms. The quantitative estimate of drug-likeness (QED) is 0.361. The zero-order valence-electron chi connectivity index (χ0n) is 17.3. The minimum Gasteiger partial charge on any atom is -0.324 e. The molecule has 0 heterocycles. The zero-order chi connectivity index (χ0) is 18.1. The summed E-state index contributed by atoms with van der Waals surface area (Å²) in [6.45, 7) is 17.1. The number of aryl methyl sites for hydroxylation is 1. The van der Waals surface area contributed by atoms with E-state index >= 15 is 0 Å². The third kappa shape index (κ3) is 11.7. The molecule has 1 heteroatoms. The molecular weight excluding hydrogens is 290 g/mol. The van der Waals surface area contributed by atoms with Crippen molar-refractivity contribution in [3.8, 4) is 0 Å². The molecule has 0 N–H and O–H groups in total. The molecule has 0 aliphatic rings. The van der Waals surface area contributed by atoms with E-state index in [-0.39, 0.29) is 0 Å². The zero-order valence-corrected chi connectivity index (χ0v) is 17.3. The van der Waals surface area contributed by atoms with Crippen molar-refractivity contribution in [2.24, 2.45) is 0 Å². The van der Waals surface area contributed by atoms with Crippen molar-refractivity contribution in [1.29, 1.82) is 0 Å². The molecular formula is C23H44N+. The van der Waals surface area contributed by atoms with Crippen LogP contribution in [0.25, 0.3) is 0 Å². The molecule has 0 aromatic heterocycles. The lowest BCUT2D eigenvalue weighted by molar-refractivity contribution is -0.929. The van der Waals surface area contributed by atoms with Gasteiger partial charge in [0, 0.05) is 0 Å². The van der Waals surface area contributed by atoms with E-state index in [9.17, 15) is 0 Å². The topological polar surface area (TPSA) is 0 Å². The van der Waals surface area contributed by atoms with Crippen molar-refractivity contribution in [2.45, 2.75) is 86.0 Å². The molecule has 1 aromatic carbocycles. The van der Waals surface area contributed by atoms with Crippen LogP contribution in [0.15, 0.2) is 30.3 Å². The Morgan fingerprint density at radius 1 is 0.583 bits per heavy atom. The summed E-state index contributed by atoms with van der Waals surface area (Å²) in [6.07, 6.45) is 11.1. The Labute approximate surface area is 153 Å². The largest absolute Gasteiger partial charge is 0.324 e. The SMILES string of the molecule is CCCC[N+](CCCC)(CCCC)CCCC.Cc1ccccc1. The van der Waals surface area contributed by atoms with Crippen LogP contribution in [0.1, 0.15) is 84.6 Å². The van der Waals surface area contributed by atoms with E-state index in [1.807, 2.05) is 18.2 Å². The average molecular weight is 335 g/mol. The van der Waals surface area contributed by atoms with Crippen LogP contribution in [0.2, 0.25) is 0 Å². The van der Waals surface area contributed by atoms with Gasteiger partial charge < -0.3 is 4.48 Å². The van der Waals surface area contributed by atoms with Gasteiger partial charge in [-0.05, 0) is 32.6 Å². The Balaban J connectivity index is 0.000000620. The maximum absolute atomic E-state index is 2.33. The van der Waals surface area contributed by atoms with Crippen molar-refractivity contribution in [3.63, 3.8) is 0 Å². The minimum absolute atomic E-state index is 1.32. The van der Waals surface area contributed by atoms with Gasteiger partial charge >= 0.3 is 0 Å². The molecule has 0 spiro atoms. The third-order valence-corrected chi connectivity index (χ3v) is 4.88. The lowest BCUT2D eigenvalue weighted by Crippen LogP contribution is -2.50. The monoisotopic (exact) mass is 334 g/mol. The Kier molecular flexibility index (Phi) is 15.2. The first-order valence-corrected chi connectivity index (χ1v) is 10.5. The van der Waals surface area contributed by atoms with Gasteiger partial charge in [-0.15, -0.1) is 0 Å². The highest BCUT2D eigenvalue weighted by molar-refractivity contribution is 5.11. The van der Waals surface area contributed by atoms with Crippen LogP contribution in [0, 0.1) is 6.92 Å². The second kappa shape index (κ2) is 15.7. The van der Waals surface area contributed by atoms with Gasteiger partial charge in [0.05, 0.1) is 26.2 Å². The highest BCUT2D eigenvalue weighted by atomic mass is 15.3. The molecule has 0 unspecified atom stereocenters. The van der Waals surface area contributed by atoms with Gasteiger partial charge in [0.15, 0.2) is 0 Å². The Morgan fingerprint density at radius 3 is 1.12 bits per heavy atom. The fraction of sp³-hybridized carbons (Fsp3) is 0.739. The number of rotatable bonds is 12. The van der Waals surface area contributed by atoms with E-state index in [0.29, 0.717) is 0 Å². The highest BCUT2D eigenvalue weighted by Crippen LogP contribution is 2.16. The molecule has 0 fully saturated rings. The van der Waals surface area contributed by atoms with Crippen molar-refractivity contribution in [2.75, 3.05) is 26.2 Å². The fourth-order valence-corrected chi connectivity index (χ4v) is 3.18. The summed E-state index contributed by atoms with van der Waals surface area (Å²) in [5.74, 6) is 0. The maximum Gasteiger partial charge on any atom is 0.0786 e. The van der Waals surface area contributed by atoms with Gasteiger partial charge in [-0.25, -0.2) is 0 Å². The molecule has 1 aromatic rings. The van der Waals surface area contributed by atoms with E-state index in [1.165, 1.54) is 87.6 Å². The molecule has 140 valence electrons. The van der Waals surface area contributed by atoms with Gasteiger partial charge in [0.2, 0.25) is 0 Å². The lowest BCUT2D eigenvalue weighted by atomic mass is 10.1. The van der Waals surface area contributed by atoms with Crippen LogP contribution in [0.5, 0.6) is 0 Å². The first-order chi connectivity index (χ1) is 11.6. The molecule has 1 nitrogen and oxygen atoms in total. The van der Waals surface area contributed by atoms with Gasteiger partial charge in [-0.3, -0.25) is 0 Å². The number of quaternary nitrogens is 1.